The molecule has 1 fully saturated rings. The second-order valence-electron chi connectivity index (χ2n) is 8.48. The second kappa shape index (κ2) is 11.5. The van der Waals surface area contributed by atoms with Crippen molar-refractivity contribution in [2.24, 2.45) is 0 Å². The summed E-state index contributed by atoms with van der Waals surface area (Å²) in [4.78, 5) is 39.1. The highest BCUT2D eigenvalue weighted by molar-refractivity contribution is 8.18. The molecule has 0 radical (unpaired) electrons. The van der Waals surface area contributed by atoms with Gasteiger partial charge in [-0.15, -0.1) is 0 Å². The number of imide groups is 1. The van der Waals surface area contributed by atoms with Crippen LogP contribution in [0.3, 0.4) is 0 Å². The topological polar surface area (TPSA) is 84.9 Å². The molecule has 0 aliphatic carbocycles. The van der Waals surface area contributed by atoms with Crippen molar-refractivity contribution in [3.05, 3.63) is 92.8 Å². The van der Waals surface area contributed by atoms with Crippen molar-refractivity contribution in [1.82, 2.24) is 4.90 Å². The van der Waals surface area contributed by atoms with Gasteiger partial charge in [-0.3, -0.25) is 19.3 Å². The van der Waals surface area contributed by atoms with E-state index in [2.05, 4.69) is 5.32 Å². The average Bonchev–Trinajstić information content (AvgIpc) is 3.10. The number of nitrogens with one attached hydrogen (secondary N) is 1. The molecule has 37 heavy (non-hydrogen) atoms. The van der Waals surface area contributed by atoms with Gasteiger partial charge in [0.15, 0.2) is 11.5 Å². The Morgan fingerprint density at radius 2 is 1.76 bits per heavy atom. The van der Waals surface area contributed by atoms with E-state index < -0.39 is 17.1 Å². The number of nitrogens with zero attached hydrogens (tertiary/aromatic N) is 1. The summed E-state index contributed by atoms with van der Waals surface area (Å²) in [6.45, 7) is 3.75. The number of amides is 3. The molecule has 1 saturated heterocycles. The minimum atomic E-state index is -0.524. The van der Waals surface area contributed by atoms with Crippen molar-refractivity contribution in [1.29, 1.82) is 0 Å². The molecule has 0 aromatic heterocycles. The normalized spacial score (nSPS) is 14.3. The van der Waals surface area contributed by atoms with Crippen LogP contribution >= 0.6 is 23.4 Å². The average molecular weight is 537 g/mol. The van der Waals surface area contributed by atoms with Crippen molar-refractivity contribution in [2.75, 3.05) is 19.0 Å². The lowest BCUT2D eigenvalue weighted by Crippen LogP contribution is -2.36. The molecule has 9 heteroatoms. The summed E-state index contributed by atoms with van der Waals surface area (Å²) in [5, 5.41) is 2.86. The highest BCUT2D eigenvalue weighted by atomic mass is 35.5. The Bertz CT molecular complexity index is 1380. The molecule has 3 aromatic carbocycles. The van der Waals surface area contributed by atoms with Crippen LogP contribution in [-0.2, 0) is 16.2 Å². The summed E-state index contributed by atoms with van der Waals surface area (Å²) >= 11 is 6.98. The van der Waals surface area contributed by atoms with Gasteiger partial charge in [0.2, 0.25) is 5.91 Å². The third-order valence-corrected chi connectivity index (χ3v) is 6.78. The third kappa shape index (κ3) is 6.53. The van der Waals surface area contributed by atoms with Crippen molar-refractivity contribution >= 4 is 52.2 Å². The highest BCUT2D eigenvalue weighted by Gasteiger charge is 2.36. The number of methoxy groups -OCH3 is 1. The Labute approximate surface area is 224 Å². The first-order valence-corrected chi connectivity index (χ1v) is 12.6. The molecule has 4 rings (SSSR count). The van der Waals surface area contributed by atoms with Crippen LogP contribution in [0.15, 0.2) is 65.6 Å². The smallest absolute Gasteiger partial charge is 0.294 e. The molecule has 0 unspecified atom stereocenters. The molecule has 7 nitrogen and oxygen atoms in total. The Hall–Kier alpha value is -3.75. The van der Waals surface area contributed by atoms with E-state index in [0.717, 1.165) is 33.4 Å². The number of anilines is 1. The predicted octanol–water partition coefficient (Wildman–Crippen LogP) is 6.22. The van der Waals surface area contributed by atoms with Crippen LogP contribution in [0.2, 0.25) is 5.02 Å². The number of carbonyl (C=O) groups is 3. The molecule has 0 atom stereocenters. The van der Waals surface area contributed by atoms with Gasteiger partial charge < -0.3 is 14.8 Å². The molecular weight excluding hydrogens is 512 g/mol. The summed E-state index contributed by atoms with van der Waals surface area (Å²) in [6, 6.07) is 18.2. The van der Waals surface area contributed by atoms with Gasteiger partial charge in [0.1, 0.15) is 13.2 Å². The number of aryl methyl sites for hydroxylation is 2. The number of hydrogen-bond donors (Lipinski definition) is 1. The van der Waals surface area contributed by atoms with Crippen LogP contribution in [0, 0.1) is 13.8 Å². The molecule has 1 heterocycles. The van der Waals surface area contributed by atoms with E-state index in [0.29, 0.717) is 27.8 Å². The van der Waals surface area contributed by atoms with Crippen molar-refractivity contribution in [3.8, 4) is 11.5 Å². The summed E-state index contributed by atoms with van der Waals surface area (Å²) in [5.41, 5.74) is 4.10. The fraction of sp³-hybridized carbons (Fsp3) is 0.179. The number of carbonyl (C=O) groups excluding carboxylic acids is 3. The molecule has 0 saturated carbocycles. The molecule has 1 aliphatic rings. The van der Waals surface area contributed by atoms with E-state index in [1.807, 2.05) is 50.2 Å². The zero-order valence-corrected chi connectivity index (χ0v) is 22.1. The van der Waals surface area contributed by atoms with E-state index in [9.17, 15) is 14.4 Å². The number of rotatable bonds is 8. The summed E-state index contributed by atoms with van der Waals surface area (Å²) in [7, 11) is 1.52. The second-order valence-corrected chi connectivity index (χ2v) is 9.88. The van der Waals surface area contributed by atoms with Gasteiger partial charge in [0, 0.05) is 16.3 Å². The first-order valence-electron chi connectivity index (χ1n) is 11.4. The van der Waals surface area contributed by atoms with Crippen LogP contribution in [0.25, 0.3) is 6.08 Å². The third-order valence-electron chi connectivity index (χ3n) is 5.51. The molecule has 3 amide bonds. The fourth-order valence-electron chi connectivity index (χ4n) is 3.84. The minimum Gasteiger partial charge on any atom is -0.493 e. The van der Waals surface area contributed by atoms with Crippen LogP contribution in [0.5, 0.6) is 11.5 Å². The molecular formula is C28H25ClN2O5S. The quantitative estimate of drug-likeness (QED) is 0.344. The maximum Gasteiger partial charge on any atom is 0.294 e. The molecule has 0 spiro atoms. The zero-order chi connectivity index (χ0) is 26.5. The maximum atomic E-state index is 12.9. The summed E-state index contributed by atoms with van der Waals surface area (Å²) < 4.78 is 11.3. The molecule has 190 valence electrons. The summed E-state index contributed by atoms with van der Waals surface area (Å²) in [6.07, 6.45) is 1.59. The summed E-state index contributed by atoms with van der Waals surface area (Å²) in [5.74, 6) is 0.00224. The number of hydrogen-bond acceptors (Lipinski definition) is 6. The number of ether oxygens (including phenoxy) is 2. The van der Waals surface area contributed by atoms with E-state index in [1.54, 1.807) is 30.3 Å². The largest absolute Gasteiger partial charge is 0.493 e. The molecule has 0 bridgehead atoms. The van der Waals surface area contributed by atoms with Crippen LogP contribution in [0.1, 0.15) is 22.3 Å². The first kappa shape index (κ1) is 26.3. The SMILES string of the molecule is COc1cc(/C=C2/SC(=O)N(CC(=O)Nc3cc(C)cc(C)c3)C2=O)ccc1OCc1ccccc1Cl. The Balaban J connectivity index is 1.43. The van der Waals surface area contributed by atoms with Crippen molar-refractivity contribution < 1.29 is 23.9 Å². The lowest BCUT2D eigenvalue weighted by Gasteiger charge is -2.13. The van der Waals surface area contributed by atoms with Gasteiger partial charge in [-0.2, -0.15) is 0 Å². The Kier molecular flexibility index (Phi) is 8.21. The van der Waals surface area contributed by atoms with Gasteiger partial charge in [-0.25, -0.2) is 0 Å². The van der Waals surface area contributed by atoms with E-state index in [1.165, 1.54) is 7.11 Å². The number of halogens is 1. The van der Waals surface area contributed by atoms with Gasteiger partial charge in [0.25, 0.3) is 11.1 Å². The van der Waals surface area contributed by atoms with Crippen LogP contribution < -0.4 is 14.8 Å². The fourth-order valence-corrected chi connectivity index (χ4v) is 4.87. The van der Waals surface area contributed by atoms with Crippen molar-refractivity contribution in [2.45, 2.75) is 20.5 Å². The van der Waals surface area contributed by atoms with Gasteiger partial charge >= 0.3 is 0 Å². The standard InChI is InChI=1S/C28H25ClN2O5S/c1-17-10-18(2)12-21(11-17)30-26(32)15-31-27(33)25(37-28(31)34)14-19-8-9-23(24(13-19)35-3)36-16-20-6-4-5-7-22(20)29/h4-14H,15-16H2,1-3H3,(H,30,32)/b25-14+. The van der Waals surface area contributed by atoms with E-state index in [4.69, 9.17) is 21.1 Å². The van der Waals surface area contributed by atoms with Crippen LogP contribution in [-0.4, -0.2) is 35.6 Å². The van der Waals surface area contributed by atoms with Gasteiger partial charge in [-0.1, -0.05) is 41.9 Å². The maximum absolute atomic E-state index is 12.9. The van der Waals surface area contributed by atoms with E-state index >= 15 is 0 Å². The number of benzene rings is 3. The lowest BCUT2D eigenvalue weighted by molar-refractivity contribution is -0.127. The number of thioether (sulfide) groups is 1. The predicted molar refractivity (Wildman–Crippen MR) is 146 cm³/mol. The van der Waals surface area contributed by atoms with Crippen molar-refractivity contribution in [3.63, 3.8) is 0 Å². The first-order chi connectivity index (χ1) is 17.7. The van der Waals surface area contributed by atoms with E-state index in [-0.39, 0.29) is 18.1 Å². The Morgan fingerprint density at radius 1 is 1.03 bits per heavy atom. The molecule has 3 aromatic rings. The lowest BCUT2D eigenvalue weighted by atomic mass is 10.1. The Morgan fingerprint density at radius 3 is 2.46 bits per heavy atom. The zero-order valence-electron chi connectivity index (χ0n) is 20.5. The monoisotopic (exact) mass is 536 g/mol. The van der Waals surface area contributed by atoms with Gasteiger partial charge in [-0.05, 0) is 78.7 Å². The van der Waals surface area contributed by atoms with Gasteiger partial charge in [0.05, 0.1) is 12.0 Å². The molecule has 1 N–H and O–H groups in total. The van der Waals surface area contributed by atoms with Crippen LogP contribution in [0.4, 0.5) is 10.5 Å². The minimum absolute atomic E-state index is 0.219. The molecule has 1 aliphatic heterocycles. The highest BCUT2D eigenvalue weighted by Crippen LogP contribution is 2.35.